The lowest BCUT2D eigenvalue weighted by Crippen LogP contribution is -2.13. The zero-order valence-corrected chi connectivity index (χ0v) is 19.7. The third kappa shape index (κ3) is 3.63. The van der Waals surface area contributed by atoms with E-state index in [0.717, 1.165) is 24.2 Å². The van der Waals surface area contributed by atoms with Crippen LogP contribution in [0, 0.1) is 18.7 Å². The number of imidazole rings is 2. The predicted octanol–water partition coefficient (Wildman–Crippen LogP) is 4.54. The number of rotatable bonds is 5. The second kappa shape index (κ2) is 8.05. The Kier molecular flexibility index (Phi) is 4.65. The molecule has 1 saturated carbocycles. The van der Waals surface area contributed by atoms with Gasteiger partial charge in [0.25, 0.3) is 0 Å². The molecule has 0 spiro atoms. The largest absolute Gasteiger partial charge is 0.333 e. The van der Waals surface area contributed by atoms with Crippen molar-refractivity contribution in [1.82, 2.24) is 39.7 Å². The van der Waals surface area contributed by atoms with Crippen LogP contribution < -0.4 is 5.32 Å². The van der Waals surface area contributed by atoms with Crippen molar-refractivity contribution in [3.63, 3.8) is 0 Å². The van der Waals surface area contributed by atoms with Crippen molar-refractivity contribution in [3.8, 4) is 28.3 Å². The normalized spacial score (nSPS) is 13.5. The number of anilines is 1. The lowest BCUT2D eigenvalue weighted by Gasteiger charge is -2.08. The van der Waals surface area contributed by atoms with Crippen molar-refractivity contribution in [1.29, 1.82) is 0 Å². The summed E-state index contributed by atoms with van der Waals surface area (Å²) in [5, 5.41) is 10.4. The van der Waals surface area contributed by atoms with Gasteiger partial charge in [-0.25, -0.2) is 19.3 Å². The summed E-state index contributed by atoms with van der Waals surface area (Å²) < 4.78 is 17.9. The minimum atomic E-state index is -0.465. The third-order valence-corrected chi connectivity index (χ3v) is 6.52. The van der Waals surface area contributed by atoms with Crippen LogP contribution in [0.2, 0.25) is 0 Å². The van der Waals surface area contributed by atoms with Crippen LogP contribution in [-0.4, -0.2) is 45.6 Å². The Morgan fingerprint density at radius 2 is 2.08 bits per heavy atom. The number of aromatic nitrogens is 8. The molecule has 37 heavy (non-hydrogen) atoms. The molecule has 182 valence electrons. The number of nitrogens with one attached hydrogen (secondary N) is 3. The van der Waals surface area contributed by atoms with E-state index in [1.54, 1.807) is 43.1 Å². The number of hydrogen-bond donors (Lipinski definition) is 3. The van der Waals surface area contributed by atoms with Crippen LogP contribution in [0.5, 0.6) is 0 Å². The maximum absolute atomic E-state index is 16.0. The van der Waals surface area contributed by atoms with Crippen molar-refractivity contribution in [2.45, 2.75) is 19.8 Å². The van der Waals surface area contributed by atoms with Crippen LogP contribution in [-0.2, 0) is 4.79 Å². The summed E-state index contributed by atoms with van der Waals surface area (Å²) in [5.41, 5.74) is 5.16. The molecule has 5 heterocycles. The SMILES string of the molecule is Cc1cn(-c2ccnc3nc(-c4n[nH]c5ccc(-c6cncc(NC(=O)C7CC7)c6)c(F)c45)[nH]c23)cn1. The van der Waals surface area contributed by atoms with Crippen LogP contribution in [0.4, 0.5) is 10.1 Å². The Balaban J connectivity index is 1.32. The molecule has 7 rings (SSSR count). The molecule has 5 aromatic heterocycles. The first-order chi connectivity index (χ1) is 18.0. The summed E-state index contributed by atoms with van der Waals surface area (Å²) >= 11 is 0. The van der Waals surface area contributed by atoms with Gasteiger partial charge in [-0.05, 0) is 44.0 Å². The number of halogens is 1. The molecule has 10 nitrogen and oxygen atoms in total. The molecule has 0 radical (unpaired) electrons. The summed E-state index contributed by atoms with van der Waals surface area (Å²) in [6.07, 6.45) is 10.2. The zero-order valence-electron chi connectivity index (χ0n) is 19.7. The molecule has 6 aromatic rings. The van der Waals surface area contributed by atoms with Gasteiger partial charge < -0.3 is 14.9 Å². The van der Waals surface area contributed by atoms with Crippen molar-refractivity contribution >= 4 is 33.7 Å². The summed E-state index contributed by atoms with van der Waals surface area (Å²) in [6.45, 7) is 1.91. The number of amides is 1. The molecule has 0 saturated heterocycles. The van der Waals surface area contributed by atoms with Gasteiger partial charge in [-0.3, -0.25) is 14.9 Å². The van der Waals surface area contributed by atoms with E-state index in [4.69, 9.17) is 0 Å². The number of aryl methyl sites for hydroxylation is 1. The van der Waals surface area contributed by atoms with E-state index in [2.05, 4.69) is 40.4 Å². The van der Waals surface area contributed by atoms with E-state index >= 15 is 4.39 Å². The van der Waals surface area contributed by atoms with Crippen LogP contribution in [0.25, 0.3) is 50.4 Å². The minimum absolute atomic E-state index is 0.0317. The Hall–Kier alpha value is -4.93. The van der Waals surface area contributed by atoms with E-state index in [0.29, 0.717) is 50.4 Å². The minimum Gasteiger partial charge on any atom is -0.333 e. The lowest BCUT2D eigenvalue weighted by molar-refractivity contribution is -0.117. The number of aromatic amines is 2. The van der Waals surface area contributed by atoms with Crippen LogP contribution in [0.15, 0.2) is 55.4 Å². The first kappa shape index (κ1) is 21.4. The number of carbonyl (C=O) groups excluding carboxylic acids is 1. The molecule has 3 N–H and O–H groups in total. The highest BCUT2D eigenvalue weighted by Crippen LogP contribution is 2.35. The summed E-state index contributed by atoms with van der Waals surface area (Å²) in [5.74, 6) is -0.0530. The maximum atomic E-state index is 16.0. The molecule has 0 atom stereocenters. The fourth-order valence-corrected chi connectivity index (χ4v) is 4.49. The van der Waals surface area contributed by atoms with E-state index < -0.39 is 5.82 Å². The molecule has 1 amide bonds. The summed E-state index contributed by atoms with van der Waals surface area (Å²) in [4.78, 5) is 32.9. The summed E-state index contributed by atoms with van der Waals surface area (Å²) in [7, 11) is 0. The maximum Gasteiger partial charge on any atom is 0.227 e. The van der Waals surface area contributed by atoms with Gasteiger partial charge in [0.1, 0.15) is 17.0 Å². The Morgan fingerprint density at radius 1 is 1.19 bits per heavy atom. The second-order valence-electron chi connectivity index (χ2n) is 9.18. The molecular weight excluding hydrogens is 473 g/mol. The van der Waals surface area contributed by atoms with Gasteiger partial charge in [0.05, 0.1) is 40.5 Å². The fraction of sp³-hybridized carbons (Fsp3) is 0.154. The van der Waals surface area contributed by atoms with Crippen molar-refractivity contribution in [3.05, 3.63) is 66.9 Å². The van der Waals surface area contributed by atoms with Crippen LogP contribution in [0.1, 0.15) is 18.5 Å². The Labute approximate surface area is 209 Å². The van der Waals surface area contributed by atoms with Gasteiger partial charge in [0, 0.05) is 35.6 Å². The van der Waals surface area contributed by atoms with Crippen molar-refractivity contribution in [2.24, 2.45) is 5.92 Å². The monoisotopic (exact) mass is 493 g/mol. The van der Waals surface area contributed by atoms with E-state index in [1.807, 2.05) is 23.8 Å². The van der Waals surface area contributed by atoms with E-state index in [-0.39, 0.29) is 11.8 Å². The number of nitrogens with zero attached hydrogens (tertiary/aromatic N) is 6. The average Bonchev–Trinajstić information content (AvgIpc) is 3.29. The third-order valence-electron chi connectivity index (χ3n) is 6.52. The number of fused-ring (bicyclic) bond motifs is 2. The Bertz CT molecular complexity index is 1830. The number of benzene rings is 1. The fourth-order valence-electron chi connectivity index (χ4n) is 4.49. The summed E-state index contributed by atoms with van der Waals surface area (Å²) in [6, 6.07) is 7.01. The standard InChI is InChI=1S/C26H20FN9O/c1-13-11-36(12-30-13)19-6-7-29-24-22(19)32-25(33-24)23-20-18(34-35-23)5-4-17(21(20)27)15-8-16(10-28-9-15)31-26(37)14-2-3-14/h4-12,14H,2-3H2,1H3,(H,31,37)(H,34,35)(H,29,32,33). The van der Waals surface area contributed by atoms with Gasteiger partial charge in [0.2, 0.25) is 5.91 Å². The van der Waals surface area contributed by atoms with E-state index in [9.17, 15) is 4.79 Å². The van der Waals surface area contributed by atoms with Crippen molar-refractivity contribution in [2.75, 3.05) is 5.32 Å². The molecule has 1 aromatic carbocycles. The highest BCUT2D eigenvalue weighted by Gasteiger charge is 2.29. The van der Waals surface area contributed by atoms with Gasteiger partial charge in [-0.15, -0.1) is 0 Å². The van der Waals surface area contributed by atoms with Crippen LogP contribution in [0.3, 0.4) is 0 Å². The molecule has 1 aliphatic rings. The second-order valence-corrected chi connectivity index (χ2v) is 9.18. The molecule has 0 bridgehead atoms. The number of carbonyl (C=O) groups is 1. The van der Waals surface area contributed by atoms with Gasteiger partial charge in [0.15, 0.2) is 11.5 Å². The lowest BCUT2D eigenvalue weighted by atomic mass is 10.0. The van der Waals surface area contributed by atoms with Gasteiger partial charge in [-0.1, -0.05) is 0 Å². The van der Waals surface area contributed by atoms with Crippen molar-refractivity contribution < 1.29 is 9.18 Å². The van der Waals surface area contributed by atoms with Crippen LogP contribution >= 0.6 is 0 Å². The zero-order chi connectivity index (χ0) is 25.1. The Morgan fingerprint density at radius 3 is 2.89 bits per heavy atom. The first-order valence-corrected chi connectivity index (χ1v) is 11.8. The number of H-pyrrole nitrogens is 2. The quantitative estimate of drug-likeness (QED) is 0.323. The molecule has 1 aliphatic carbocycles. The topological polar surface area (TPSA) is 130 Å². The molecule has 0 aliphatic heterocycles. The predicted molar refractivity (Wildman–Crippen MR) is 135 cm³/mol. The molecular formula is C26H20FN9O. The first-order valence-electron chi connectivity index (χ1n) is 11.8. The molecule has 1 fully saturated rings. The number of hydrogen-bond acceptors (Lipinski definition) is 6. The van der Waals surface area contributed by atoms with Gasteiger partial charge in [-0.2, -0.15) is 5.10 Å². The molecule has 11 heteroatoms. The average molecular weight is 494 g/mol. The van der Waals surface area contributed by atoms with E-state index in [1.165, 1.54) is 0 Å². The van der Waals surface area contributed by atoms with Gasteiger partial charge >= 0.3 is 0 Å². The number of pyridine rings is 2. The smallest absolute Gasteiger partial charge is 0.227 e. The molecule has 0 unspecified atom stereocenters. The highest BCUT2D eigenvalue weighted by molar-refractivity contribution is 5.97. The highest BCUT2D eigenvalue weighted by atomic mass is 19.1.